The van der Waals surface area contributed by atoms with Crippen LogP contribution in [0.15, 0.2) is 12.2 Å². The molecule has 0 spiro atoms. The van der Waals surface area contributed by atoms with Crippen molar-refractivity contribution in [2.24, 2.45) is 0 Å². The summed E-state index contributed by atoms with van der Waals surface area (Å²) in [6.07, 6.45) is 21.5. The van der Waals surface area contributed by atoms with Crippen LogP contribution < -0.4 is 0 Å². The van der Waals surface area contributed by atoms with Gasteiger partial charge in [0.2, 0.25) is 0 Å². The Kier molecular flexibility index (Phi) is 17.5. The molecule has 3 heteroatoms. The molecular formula is C19H36O3. The molecular weight excluding hydrogens is 276 g/mol. The summed E-state index contributed by atoms with van der Waals surface area (Å²) in [7, 11) is 0. The molecule has 0 aromatic carbocycles. The van der Waals surface area contributed by atoms with Gasteiger partial charge in [-0.3, -0.25) is 4.79 Å². The Bertz CT molecular complexity index is 261. The number of hydrogen-bond donors (Lipinski definition) is 2. The van der Waals surface area contributed by atoms with Gasteiger partial charge in [-0.15, -0.1) is 0 Å². The molecule has 0 atom stereocenters. The number of unbranched alkanes of at least 4 members (excludes halogenated alkanes) is 12. The van der Waals surface area contributed by atoms with Crippen LogP contribution in [0.2, 0.25) is 0 Å². The van der Waals surface area contributed by atoms with Crippen molar-refractivity contribution in [3.63, 3.8) is 0 Å². The molecule has 0 amide bonds. The van der Waals surface area contributed by atoms with Crippen LogP contribution in [0.3, 0.4) is 0 Å². The number of aliphatic hydroxyl groups is 1. The van der Waals surface area contributed by atoms with Crippen LogP contribution in [-0.4, -0.2) is 22.8 Å². The first-order valence-corrected chi connectivity index (χ1v) is 9.25. The number of carbonyl (C=O) groups is 1. The molecule has 2 N–H and O–H groups in total. The average Bonchev–Trinajstić information content (AvgIpc) is 2.50. The molecule has 0 fully saturated rings. The molecule has 0 aromatic heterocycles. The molecule has 130 valence electrons. The molecule has 0 saturated heterocycles. The zero-order chi connectivity index (χ0) is 16.3. The molecule has 0 aliphatic rings. The highest BCUT2D eigenvalue weighted by Crippen LogP contribution is 2.10. The fraction of sp³-hybridized carbons (Fsp3) is 0.842. The zero-order valence-corrected chi connectivity index (χ0v) is 14.3. The van der Waals surface area contributed by atoms with Crippen molar-refractivity contribution in [2.45, 2.75) is 96.3 Å². The fourth-order valence-electron chi connectivity index (χ4n) is 2.56. The Balaban J connectivity index is 3.06. The summed E-state index contributed by atoms with van der Waals surface area (Å²) in [5, 5.41) is 17.2. The maximum absolute atomic E-state index is 10.3. The van der Waals surface area contributed by atoms with Crippen LogP contribution in [0.5, 0.6) is 0 Å². The van der Waals surface area contributed by atoms with E-state index in [9.17, 15) is 4.79 Å². The van der Waals surface area contributed by atoms with Crippen molar-refractivity contribution in [3.8, 4) is 0 Å². The Labute approximate surface area is 136 Å². The Hall–Kier alpha value is -0.830. The summed E-state index contributed by atoms with van der Waals surface area (Å²) in [5.41, 5.74) is 0. The van der Waals surface area contributed by atoms with Gasteiger partial charge in [-0.1, -0.05) is 63.5 Å². The van der Waals surface area contributed by atoms with Crippen molar-refractivity contribution in [2.75, 3.05) is 6.61 Å². The molecule has 0 aromatic rings. The molecule has 0 bridgehead atoms. The minimum Gasteiger partial charge on any atom is -0.481 e. The van der Waals surface area contributed by atoms with Gasteiger partial charge in [-0.2, -0.15) is 0 Å². The molecule has 22 heavy (non-hydrogen) atoms. The van der Waals surface area contributed by atoms with Crippen molar-refractivity contribution < 1.29 is 15.0 Å². The second-order valence-electron chi connectivity index (χ2n) is 6.16. The Morgan fingerprint density at radius 1 is 0.636 bits per heavy atom. The summed E-state index contributed by atoms with van der Waals surface area (Å²) in [5.74, 6) is -0.669. The van der Waals surface area contributed by atoms with E-state index >= 15 is 0 Å². The van der Waals surface area contributed by atoms with Gasteiger partial charge >= 0.3 is 5.97 Å². The van der Waals surface area contributed by atoms with Crippen LogP contribution in [0, 0.1) is 0 Å². The Morgan fingerprint density at radius 3 is 1.50 bits per heavy atom. The molecule has 0 saturated carbocycles. The molecule has 0 aliphatic heterocycles. The number of rotatable bonds is 17. The van der Waals surface area contributed by atoms with E-state index in [1.165, 1.54) is 64.2 Å². The second kappa shape index (κ2) is 18.2. The lowest BCUT2D eigenvalue weighted by atomic mass is 10.1. The minimum atomic E-state index is -0.669. The van der Waals surface area contributed by atoms with Crippen LogP contribution in [-0.2, 0) is 4.79 Å². The van der Waals surface area contributed by atoms with Gasteiger partial charge in [-0.05, 0) is 38.5 Å². The maximum atomic E-state index is 10.3. The van der Waals surface area contributed by atoms with Crippen molar-refractivity contribution >= 4 is 5.97 Å². The highest BCUT2D eigenvalue weighted by atomic mass is 16.4. The molecule has 0 radical (unpaired) electrons. The highest BCUT2D eigenvalue weighted by Gasteiger charge is 1.96. The van der Waals surface area contributed by atoms with Gasteiger partial charge < -0.3 is 10.2 Å². The molecule has 0 heterocycles. The van der Waals surface area contributed by atoms with Gasteiger partial charge in [0.1, 0.15) is 0 Å². The quantitative estimate of drug-likeness (QED) is 0.276. The number of carboxylic acid groups (broad SMARTS) is 1. The normalized spacial score (nSPS) is 11.3. The predicted molar refractivity (Wildman–Crippen MR) is 93.1 cm³/mol. The largest absolute Gasteiger partial charge is 0.481 e. The SMILES string of the molecule is O=C(O)CCCCCCCCC/C=C/CCCCCCCO. The van der Waals surface area contributed by atoms with E-state index in [2.05, 4.69) is 12.2 Å². The topological polar surface area (TPSA) is 57.5 Å². The van der Waals surface area contributed by atoms with Gasteiger partial charge in [0.05, 0.1) is 0 Å². The lowest BCUT2D eigenvalue weighted by molar-refractivity contribution is -0.137. The van der Waals surface area contributed by atoms with Crippen LogP contribution >= 0.6 is 0 Å². The smallest absolute Gasteiger partial charge is 0.303 e. The number of aliphatic hydroxyl groups excluding tert-OH is 1. The van der Waals surface area contributed by atoms with E-state index in [4.69, 9.17) is 10.2 Å². The average molecular weight is 312 g/mol. The predicted octanol–water partition coefficient (Wildman–Crippen LogP) is 5.47. The summed E-state index contributed by atoms with van der Waals surface area (Å²) < 4.78 is 0. The summed E-state index contributed by atoms with van der Waals surface area (Å²) >= 11 is 0. The van der Waals surface area contributed by atoms with Crippen molar-refractivity contribution in [1.82, 2.24) is 0 Å². The van der Waals surface area contributed by atoms with Gasteiger partial charge in [0.25, 0.3) is 0 Å². The van der Waals surface area contributed by atoms with E-state index in [1.807, 2.05) is 0 Å². The van der Waals surface area contributed by atoms with Crippen LogP contribution in [0.25, 0.3) is 0 Å². The highest BCUT2D eigenvalue weighted by molar-refractivity contribution is 5.66. The summed E-state index contributed by atoms with van der Waals surface area (Å²) in [6, 6.07) is 0. The first-order valence-electron chi connectivity index (χ1n) is 9.25. The summed E-state index contributed by atoms with van der Waals surface area (Å²) in [4.78, 5) is 10.3. The molecule has 0 unspecified atom stereocenters. The van der Waals surface area contributed by atoms with Crippen molar-refractivity contribution in [1.29, 1.82) is 0 Å². The zero-order valence-electron chi connectivity index (χ0n) is 14.3. The molecule has 3 nitrogen and oxygen atoms in total. The Morgan fingerprint density at radius 2 is 1.05 bits per heavy atom. The number of allylic oxidation sites excluding steroid dienone is 2. The first-order chi connectivity index (χ1) is 10.8. The fourth-order valence-corrected chi connectivity index (χ4v) is 2.56. The lowest BCUT2D eigenvalue weighted by Crippen LogP contribution is -1.93. The van der Waals surface area contributed by atoms with E-state index < -0.39 is 5.97 Å². The van der Waals surface area contributed by atoms with E-state index in [-0.39, 0.29) is 0 Å². The van der Waals surface area contributed by atoms with Gasteiger partial charge in [0, 0.05) is 13.0 Å². The van der Waals surface area contributed by atoms with Crippen LogP contribution in [0.4, 0.5) is 0 Å². The van der Waals surface area contributed by atoms with Gasteiger partial charge in [-0.25, -0.2) is 0 Å². The third kappa shape index (κ3) is 19.2. The maximum Gasteiger partial charge on any atom is 0.303 e. The number of hydrogen-bond acceptors (Lipinski definition) is 2. The van der Waals surface area contributed by atoms with Gasteiger partial charge in [0.15, 0.2) is 0 Å². The van der Waals surface area contributed by atoms with E-state index in [0.717, 1.165) is 25.7 Å². The summed E-state index contributed by atoms with van der Waals surface area (Å²) in [6.45, 7) is 0.336. The minimum absolute atomic E-state index is 0.326. The molecule has 0 aliphatic carbocycles. The van der Waals surface area contributed by atoms with Crippen molar-refractivity contribution in [3.05, 3.63) is 12.2 Å². The van der Waals surface area contributed by atoms with E-state index in [1.54, 1.807) is 0 Å². The monoisotopic (exact) mass is 312 g/mol. The standard InChI is InChI=1S/C19H36O3/c20-18-16-14-12-10-8-6-4-2-1-3-5-7-9-11-13-15-17-19(21)22/h2,4,20H,1,3,5-18H2,(H,21,22)/b4-2+. The second-order valence-corrected chi connectivity index (χ2v) is 6.16. The number of aliphatic carboxylic acids is 1. The molecule has 0 rings (SSSR count). The first kappa shape index (κ1) is 21.2. The van der Waals surface area contributed by atoms with Crippen LogP contribution in [0.1, 0.15) is 96.3 Å². The number of carboxylic acids is 1. The third-order valence-corrected chi connectivity index (χ3v) is 3.96. The van der Waals surface area contributed by atoms with E-state index in [0.29, 0.717) is 13.0 Å². The lowest BCUT2D eigenvalue weighted by Gasteiger charge is -2.00. The third-order valence-electron chi connectivity index (χ3n) is 3.96.